The molecule has 1 aromatic carbocycles. The fourth-order valence-electron chi connectivity index (χ4n) is 3.95. The van der Waals surface area contributed by atoms with Crippen molar-refractivity contribution in [2.45, 2.75) is 31.2 Å². The van der Waals surface area contributed by atoms with Crippen LogP contribution >= 0.6 is 0 Å². The van der Waals surface area contributed by atoms with Crippen LogP contribution in [0, 0.1) is 17.5 Å². The summed E-state index contributed by atoms with van der Waals surface area (Å²) in [5.74, 6) is -5.36. The molecule has 13 heteroatoms. The van der Waals surface area contributed by atoms with Gasteiger partial charge in [0.25, 0.3) is 5.91 Å². The second-order valence-electron chi connectivity index (χ2n) is 8.12. The number of aromatic nitrogens is 2. The Bertz CT molecular complexity index is 1410. The van der Waals surface area contributed by atoms with Crippen LogP contribution in [0.4, 0.5) is 32.0 Å². The van der Waals surface area contributed by atoms with Crippen LogP contribution < -0.4 is 5.32 Å². The molecule has 198 valence electrons. The first kappa shape index (κ1) is 26.6. The minimum absolute atomic E-state index is 0.448. The molecule has 1 aliphatic heterocycles. The maximum absolute atomic E-state index is 14.4. The Balaban J connectivity index is 1.73. The Morgan fingerprint density at radius 2 is 1.79 bits per heavy atom. The van der Waals surface area contributed by atoms with Gasteiger partial charge >= 0.3 is 12.1 Å². The summed E-state index contributed by atoms with van der Waals surface area (Å²) in [5.41, 5.74) is -6.26. The number of carbonyl (C=O) groups is 2. The summed E-state index contributed by atoms with van der Waals surface area (Å²) in [6.07, 6.45) is -3.38. The Morgan fingerprint density at radius 1 is 1.08 bits per heavy atom. The highest BCUT2D eigenvalue weighted by atomic mass is 19.4. The number of nitrogens with one attached hydrogen (secondary N) is 1. The average molecular weight is 537 g/mol. The van der Waals surface area contributed by atoms with Crippen LogP contribution in [0.3, 0.4) is 0 Å². The highest BCUT2D eigenvalue weighted by molar-refractivity contribution is 6.03. The fraction of sp³-hybridized carbons (Fsp3) is 0.200. The molecule has 0 radical (unpaired) electrons. The van der Waals surface area contributed by atoms with E-state index in [4.69, 9.17) is 9.47 Å². The van der Waals surface area contributed by atoms with Crippen LogP contribution in [0.15, 0.2) is 61.1 Å². The zero-order chi connectivity index (χ0) is 27.7. The van der Waals surface area contributed by atoms with Gasteiger partial charge in [-0.1, -0.05) is 6.07 Å². The molecule has 3 aromatic rings. The molecule has 0 aliphatic carbocycles. The lowest BCUT2D eigenvalue weighted by molar-refractivity contribution is -0.280. The molecule has 0 saturated heterocycles. The number of anilines is 1. The zero-order valence-corrected chi connectivity index (χ0v) is 19.4. The van der Waals surface area contributed by atoms with E-state index in [1.807, 2.05) is 0 Å². The van der Waals surface area contributed by atoms with Crippen molar-refractivity contribution in [1.29, 1.82) is 0 Å². The normalized spacial score (nSPS) is 19.0. The number of rotatable bonds is 5. The molecule has 0 saturated carbocycles. The Kier molecular flexibility index (Phi) is 7.11. The number of hydrogen-bond donors (Lipinski definition) is 1. The van der Waals surface area contributed by atoms with Crippen molar-refractivity contribution in [3.8, 4) is 11.3 Å². The molecule has 0 fully saturated rings. The molecule has 1 amide bonds. The van der Waals surface area contributed by atoms with Crippen molar-refractivity contribution in [1.82, 2.24) is 9.97 Å². The van der Waals surface area contributed by atoms with Gasteiger partial charge in [-0.25, -0.2) is 18.2 Å². The Labute approximate surface area is 211 Å². The monoisotopic (exact) mass is 537 g/mol. The Morgan fingerprint density at radius 3 is 2.45 bits per heavy atom. The molecule has 2 atom stereocenters. The number of alkyl halides is 3. The third-order valence-electron chi connectivity index (χ3n) is 5.61. The summed E-state index contributed by atoms with van der Waals surface area (Å²) >= 11 is 0. The van der Waals surface area contributed by atoms with Crippen molar-refractivity contribution in [2.75, 3.05) is 5.32 Å². The van der Waals surface area contributed by atoms with Gasteiger partial charge in [0, 0.05) is 25.1 Å². The lowest BCUT2D eigenvalue weighted by atomic mass is 9.85. The molecule has 0 bridgehead atoms. The van der Waals surface area contributed by atoms with Crippen LogP contribution in [0.1, 0.15) is 29.4 Å². The number of amides is 1. The molecule has 1 aliphatic rings. The molecule has 2 aromatic heterocycles. The quantitative estimate of drug-likeness (QED) is 0.345. The number of hydrogen-bond acceptors (Lipinski definition) is 6. The standard InChI is InChI=1S/C25H17F6N3O4/c1-13(35)38-14-8-10-37-24(11-14,25(29,30)31)15-7-9-32-12-20(15)34-23(36)19-6-5-18(28)22(33-19)21-16(26)3-2-4-17(21)27/h2-10,12,14H,11H2,1H3,(H,34,36)/t14-,24+/m0/s1. The van der Waals surface area contributed by atoms with Gasteiger partial charge in [-0.2, -0.15) is 13.2 Å². The fourth-order valence-corrected chi connectivity index (χ4v) is 3.95. The van der Waals surface area contributed by atoms with Gasteiger partial charge in [0.1, 0.15) is 34.9 Å². The third kappa shape index (κ3) is 5.04. The van der Waals surface area contributed by atoms with Crippen molar-refractivity contribution < 1.29 is 45.4 Å². The van der Waals surface area contributed by atoms with Crippen molar-refractivity contribution in [3.63, 3.8) is 0 Å². The lowest BCUT2D eigenvalue weighted by Gasteiger charge is -2.40. The van der Waals surface area contributed by atoms with Gasteiger partial charge in [-0.15, -0.1) is 0 Å². The van der Waals surface area contributed by atoms with E-state index in [0.717, 1.165) is 68.1 Å². The predicted octanol–water partition coefficient (Wildman–Crippen LogP) is 5.44. The van der Waals surface area contributed by atoms with Gasteiger partial charge in [0.05, 0.1) is 23.7 Å². The van der Waals surface area contributed by atoms with E-state index in [0.29, 0.717) is 0 Å². The summed E-state index contributed by atoms with van der Waals surface area (Å²) in [6, 6.07) is 5.38. The number of esters is 1. The first-order chi connectivity index (χ1) is 17.9. The molecule has 1 N–H and O–H groups in total. The van der Waals surface area contributed by atoms with Crippen molar-refractivity contribution in [2.24, 2.45) is 0 Å². The molecule has 4 rings (SSSR count). The topological polar surface area (TPSA) is 90.4 Å². The van der Waals surface area contributed by atoms with Crippen molar-refractivity contribution >= 4 is 17.6 Å². The molecule has 0 spiro atoms. The van der Waals surface area contributed by atoms with Crippen LogP contribution in [0.5, 0.6) is 0 Å². The van der Waals surface area contributed by atoms with E-state index in [9.17, 15) is 35.9 Å². The lowest BCUT2D eigenvalue weighted by Crippen LogP contribution is -2.48. The molecule has 7 nitrogen and oxygen atoms in total. The average Bonchev–Trinajstić information content (AvgIpc) is 2.84. The number of carbonyl (C=O) groups excluding carboxylic acids is 2. The first-order valence-corrected chi connectivity index (χ1v) is 10.9. The van der Waals surface area contributed by atoms with Crippen LogP contribution in [0.2, 0.25) is 0 Å². The van der Waals surface area contributed by atoms with E-state index in [-0.39, 0.29) is 0 Å². The van der Waals surface area contributed by atoms with Gasteiger partial charge in [0.2, 0.25) is 5.60 Å². The third-order valence-corrected chi connectivity index (χ3v) is 5.61. The van der Waals surface area contributed by atoms with Gasteiger partial charge in [0.15, 0.2) is 0 Å². The smallest absolute Gasteiger partial charge is 0.432 e. The Hall–Kier alpha value is -4.42. The molecule has 0 unspecified atom stereocenters. The van der Waals surface area contributed by atoms with E-state index in [1.165, 1.54) is 0 Å². The van der Waals surface area contributed by atoms with E-state index in [2.05, 4.69) is 15.3 Å². The van der Waals surface area contributed by atoms with E-state index in [1.54, 1.807) is 0 Å². The minimum atomic E-state index is -5.05. The molecular weight excluding hydrogens is 520 g/mol. The number of pyridine rings is 2. The summed E-state index contributed by atoms with van der Waals surface area (Å²) in [6.45, 7) is 1.04. The summed E-state index contributed by atoms with van der Waals surface area (Å²) in [7, 11) is 0. The highest BCUT2D eigenvalue weighted by Crippen LogP contribution is 2.50. The second kappa shape index (κ2) is 10.1. The number of ether oxygens (including phenoxy) is 2. The van der Waals surface area contributed by atoms with Gasteiger partial charge in [-0.3, -0.25) is 14.6 Å². The largest absolute Gasteiger partial charge is 0.481 e. The summed E-state index contributed by atoms with van der Waals surface area (Å²) in [4.78, 5) is 31.8. The molecule has 3 heterocycles. The summed E-state index contributed by atoms with van der Waals surface area (Å²) < 4.78 is 96.1. The second-order valence-corrected chi connectivity index (χ2v) is 8.12. The SMILES string of the molecule is CC(=O)O[C@H]1C=CO[C@](c2ccncc2NC(=O)c2ccc(F)c(-c3c(F)cccc3F)n2)(C(F)(F)F)C1. The number of nitrogens with zero attached hydrogens (tertiary/aromatic N) is 2. The van der Waals surface area contributed by atoms with Crippen molar-refractivity contribution in [3.05, 3.63) is 89.8 Å². The molecule has 38 heavy (non-hydrogen) atoms. The highest BCUT2D eigenvalue weighted by Gasteiger charge is 2.61. The van der Waals surface area contributed by atoms with Crippen LogP contribution in [-0.4, -0.2) is 34.1 Å². The zero-order valence-electron chi connectivity index (χ0n) is 19.4. The molecular formula is C25H17F6N3O4. The predicted molar refractivity (Wildman–Crippen MR) is 120 cm³/mol. The minimum Gasteiger partial charge on any atom is -0.481 e. The number of benzene rings is 1. The van der Waals surface area contributed by atoms with E-state index < -0.39 is 81.8 Å². The maximum Gasteiger partial charge on any atom is 0.432 e. The van der Waals surface area contributed by atoms with Crippen LogP contribution in [0.25, 0.3) is 11.3 Å². The number of halogens is 6. The maximum atomic E-state index is 14.4. The summed E-state index contributed by atoms with van der Waals surface area (Å²) in [5, 5.41) is 2.22. The van der Waals surface area contributed by atoms with Gasteiger partial charge in [-0.05, 0) is 36.4 Å². The van der Waals surface area contributed by atoms with E-state index >= 15 is 0 Å². The van der Waals surface area contributed by atoms with Gasteiger partial charge < -0.3 is 14.8 Å². The van der Waals surface area contributed by atoms with Crippen LogP contribution in [-0.2, 0) is 19.9 Å². The first-order valence-electron chi connectivity index (χ1n) is 10.9.